The van der Waals surface area contributed by atoms with Crippen molar-refractivity contribution in [2.45, 2.75) is 42.1 Å². The summed E-state index contributed by atoms with van der Waals surface area (Å²) in [5, 5.41) is 16.7. The minimum Gasteiger partial charge on any atom is -0.340 e. The van der Waals surface area contributed by atoms with Crippen LogP contribution in [0.15, 0.2) is 30.3 Å². The van der Waals surface area contributed by atoms with Crippen LogP contribution in [0.5, 0.6) is 0 Å². The second kappa shape index (κ2) is 6.06. The standard InChI is InChI=1S/C16H19N7O2S/c1-16(2)11(12-19-21-22-20-12)23-14(25)10(15(23)26-16)18-13(24)9(17)8-6-4-3-5-7-8/h3-7,9-11,15H,17H2,1-2H3,(H,18,24)(H,19,20,21,22)/t9?,10?,11?,15-/m1/s1. The smallest absolute Gasteiger partial charge is 0.249 e. The Morgan fingerprint density at radius 3 is 2.77 bits per heavy atom. The number of carbonyl (C=O) groups excluding carboxylic acids is 2. The number of benzene rings is 1. The summed E-state index contributed by atoms with van der Waals surface area (Å²) in [6, 6.07) is 7.38. The van der Waals surface area contributed by atoms with Gasteiger partial charge >= 0.3 is 0 Å². The maximum Gasteiger partial charge on any atom is 0.249 e. The van der Waals surface area contributed by atoms with Gasteiger partial charge in [-0.05, 0) is 19.4 Å². The Morgan fingerprint density at radius 1 is 1.38 bits per heavy atom. The van der Waals surface area contributed by atoms with Gasteiger partial charge in [0.2, 0.25) is 11.8 Å². The van der Waals surface area contributed by atoms with Crippen LogP contribution in [0.25, 0.3) is 0 Å². The van der Waals surface area contributed by atoms with Crippen molar-refractivity contribution in [3.05, 3.63) is 41.7 Å². The van der Waals surface area contributed by atoms with E-state index >= 15 is 0 Å². The molecule has 0 bridgehead atoms. The van der Waals surface area contributed by atoms with Crippen LogP contribution in [0.3, 0.4) is 0 Å². The van der Waals surface area contributed by atoms with Gasteiger partial charge in [-0.3, -0.25) is 9.59 Å². The predicted molar refractivity (Wildman–Crippen MR) is 94.5 cm³/mol. The molecule has 4 rings (SSSR count). The summed E-state index contributed by atoms with van der Waals surface area (Å²) in [5.41, 5.74) is 6.74. The van der Waals surface area contributed by atoms with Crippen molar-refractivity contribution >= 4 is 23.6 Å². The Labute approximate surface area is 154 Å². The molecule has 4 N–H and O–H groups in total. The van der Waals surface area contributed by atoms with E-state index in [-0.39, 0.29) is 28.0 Å². The number of hydrogen-bond acceptors (Lipinski definition) is 7. The number of aromatic amines is 1. The molecule has 9 nitrogen and oxygen atoms in total. The Kier molecular flexibility index (Phi) is 3.96. The van der Waals surface area contributed by atoms with Crippen LogP contribution in [0.1, 0.15) is 37.3 Å². The Balaban J connectivity index is 1.49. The Hall–Kier alpha value is -2.46. The van der Waals surface area contributed by atoms with Crippen molar-refractivity contribution in [1.29, 1.82) is 0 Å². The van der Waals surface area contributed by atoms with Crippen molar-refractivity contribution in [2.75, 3.05) is 0 Å². The number of nitrogens with one attached hydrogen (secondary N) is 2. The highest BCUT2D eigenvalue weighted by molar-refractivity contribution is 8.01. The normalized spacial score (nSPS) is 27.6. The number of hydrogen-bond donors (Lipinski definition) is 3. The van der Waals surface area contributed by atoms with Gasteiger partial charge in [0.1, 0.15) is 23.5 Å². The van der Waals surface area contributed by atoms with Crippen LogP contribution in [0.2, 0.25) is 0 Å². The fourth-order valence-corrected chi connectivity index (χ4v) is 5.13. The molecule has 2 saturated heterocycles. The van der Waals surface area contributed by atoms with E-state index in [9.17, 15) is 9.59 Å². The molecule has 136 valence electrons. The second-order valence-electron chi connectivity index (χ2n) is 6.90. The van der Waals surface area contributed by atoms with E-state index in [1.54, 1.807) is 28.8 Å². The number of aromatic nitrogens is 4. The van der Waals surface area contributed by atoms with Crippen molar-refractivity contribution in [2.24, 2.45) is 5.73 Å². The van der Waals surface area contributed by atoms with Gasteiger partial charge in [-0.2, -0.15) is 5.21 Å². The minimum atomic E-state index is -0.814. The quantitative estimate of drug-likeness (QED) is 0.649. The third-order valence-corrected chi connectivity index (χ3v) is 6.36. The van der Waals surface area contributed by atoms with Crippen molar-refractivity contribution < 1.29 is 9.59 Å². The molecule has 0 spiro atoms. The van der Waals surface area contributed by atoms with E-state index in [0.29, 0.717) is 11.4 Å². The fraction of sp³-hybridized carbons (Fsp3) is 0.438. The highest BCUT2D eigenvalue weighted by Gasteiger charge is 2.63. The third kappa shape index (κ3) is 2.56. The number of amides is 2. The lowest BCUT2D eigenvalue weighted by molar-refractivity contribution is -0.152. The molecule has 10 heteroatoms. The van der Waals surface area contributed by atoms with Crippen LogP contribution in [-0.2, 0) is 9.59 Å². The van der Waals surface area contributed by atoms with Gasteiger partial charge in [0.15, 0.2) is 5.82 Å². The van der Waals surface area contributed by atoms with Crippen LogP contribution in [0.4, 0.5) is 0 Å². The third-order valence-electron chi connectivity index (χ3n) is 4.79. The Bertz CT molecular complexity index is 826. The lowest BCUT2D eigenvalue weighted by Gasteiger charge is -2.44. The highest BCUT2D eigenvalue weighted by atomic mass is 32.2. The van der Waals surface area contributed by atoms with Crippen molar-refractivity contribution in [3.8, 4) is 0 Å². The van der Waals surface area contributed by atoms with Crippen LogP contribution < -0.4 is 11.1 Å². The van der Waals surface area contributed by atoms with Gasteiger partial charge in [0.05, 0.1) is 0 Å². The minimum absolute atomic E-state index is 0.156. The molecule has 2 aromatic rings. The molecule has 0 saturated carbocycles. The maximum absolute atomic E-state index is 12.7. The molecule has 2 aliphatic rings. The number of nitrogens with zero attached hydrogens (tertiary/aromatic N) is 4. The van der Waals surface area contributed by atoms with Gasteiger partial charge in [0, 0.05) is 4.75 Å². The summed E-state index contributed by atoms with van der Waals surface area (Å²) in [7, 11) is 0. The molecule has 0 radical (unpaired) electrons. The second-order valence-corrected chi connectivity index (χ2v) is 8.68. The first kappa shape index (κ1) is 17.0. The van der Waals surface area contributed by atoms with Gasteiger partial charge in [0.25, 0.3) is 0 Å². The first-order valence-electron chi connectivity index (χ1n) is 8.24. The average molecular weight is 373 g/mol. The summed E-state index contributed by atoms with van der Waals surface area (Å²) < 4.78 is -0.300. The Morgan fingerprint density at radius 2 is 2.12 bits per heavy atom. The first-order chi connectivity index (χ1) is 12.4. The van der Waals surface area contributed by atoms with E-state index in [0.717, 1.165) is 0 Å². The number of nitrogens with two attached hydrogens (primary N) is 1. The molecule has 1 aromatic carbocycles. The lowest BCUT2D eigenvalue weighted by Crippen LogP contribution is -2.68. The number of tetrazole rings is 1. The summed E-state index contributed by atoms with van der Waals surface area (Å²) in [6.07, 6.45) is 0. The molecule has 2 fully saturated rings. The number of β-lactam (4-membered cyclic amide) rings is 1. The fourth-order valence-electron chi connectivity index (χ4n) is 3.50. The molecule has 3 heterocycles. The van der Waals surface area contributed by atoms with Gasteiger partial charge in [-0.1, -0.05) is 35.5 Å². The van der Waals surface area contributed by atoms with Crippen LogP contribution in [-0.4, -0.2) is 53.5 Å². The maximum atomic E-state index is 12.7. The molecular weight excluding hydrogens is 354 g/mol. The summed E-state index contributed by atoms with van der Waals surface area (Å²) >= 11 is 1.61. The van der Waals surface area contributed by atoms with Gasteiger partial charge in [-0.15, -0.1) is 22.0 Å². The number of thioether (sulfide) groups is 1. The number of H-pyrrole nitrogens is 1. The zero-order valence-electron chi connectivity index (χ0n) is 14.3. The zero-order valence-corrected chi connectivity index (χ0v) is 15.1. The average Bonchev–Trinajstić information content (AvgIpc) is 3.23. The zero-order chi connectivity index (χ0) is 18.5. The largest absolute Gasteiger partial charge is 0.340 e. The molecule has 3 unspecified atom stereocenters. The molecule has 26 heavy (non-hydrogen) atoms. The van der Waals surface area contributed by atoms with Crippen LogP contribution >= 0.6 is 11.8 Å². The molecular formula is C16H19N7O2S. The summed E-state index contributed by atoms with van der Waals surface area (Å²) in [6.45, 7) is 4.05. The molecule has 2 aliphatic heterocycles. The SMILES string of the molecule is CC1(C)S[C@@H]2C(NC(=O)C(N)c3ccccc3)C(=O)N2C1c1nn[nH]n1. The van der Waals surface area contributed by atoms with E-state index in [2.05, 4.69) is 25.9 Å². The lowest BCUT2D eigenvalue weighted by atomic mass is 9.95. The van der Waals surface area contributed by atoms with Crippen LogP contribution in [0, 0.1) is 0 Å². The first-order valence-corrected chi connectivity index (χ1v) is 9.12. The van der Waals surface area contributed by atoms with E-state index in [1.165, 1.54) is 0 Å². The van der Waals surface area contributed by atoms with Crippen molar-refractivity contribution in [3.63, 3.8) is 0 Å². The highest BCUT2D eigenvalue weighted by Crippen LogP contribution is 2.56. The van der Waals surface area contributed by atoms with E-state index in [4.69, 9.17) is 5.73 Å². The molecule has 0 aliphatic carbocycles. The van der Waals surface area contributed by atoms with Gasteiger partial charge < -0.3 is 16.0 Å². The molecule has 2 amide bonds. The number of carbonyl (C=O) groups is 2. The van der Waals surface area contributed by atoms with Crippen molar-refractivity contribution in [1.82, 2.24) is 30.8 Å². The number of rotatable bonds is 4. The number of fused-ring (bicyclic) bond motifs is 1. The monoisotopic (exact) mass is 373 g/mol. The predicted octanol–water partition coefficient (Wildman–Crippen LogP) is 0.119. The molecule has 1 aromatic heterocycles. The van der Waals surface area contributed by atoms with E-state index in [1.807, 2.05) is 32.0 Å². The van der Waals surface area contributed by atoms with Gasteiger partial charge in [-0.25, -0.2) is 0 Å². The van der Waals surface area contributed by atoms with E-state index < -0.39 is 12.1 Å². The molecule has 4 atom stereocenters. The topological polar surface area (TPSA) is 130 Å². The summed E-state index contributed by atoms with van der Waals surface area (Å²) in [5.74, 6) is -0.0452. The summed E-state index contributed by atoms with van der Waals surface area (Å²) in [4.78, 5) is 26.9.